The van der Waals surface area contributed by atoms with E-state index in [2.05, 4.69) is 4.65 Å². The second-order valence-electron chi connectivity index (χ2n) is 5.92. The summed E-state index contributed by atoms with van der Waals surface area (Å²) in [5.74, 6) is -0.470. The second-order valence-corrected chi connectivity index (χ2v) is 5.92. The van der Waals surface area contributed by atoms with E-state index in [1.54, 1.807) is 36.4 Å². The zero-order valence-electron chi connectivity index (χ0n) is 15.3. The molecular formula is C23H17BF2FeO2. The van der Waals surface area contributed by atoms with Crippen molar-refractivity contribution in [2.75, 3.05) is 0 Å². The van der Waals surface area contributed by atoms with Crippen molar-refractivity contribution in [3.8, 4) is 5.75 Å². The van der Waals surface area contributed by atoms with Crippen molar-refractivity contribution in [1.82, 2.24) is 0 Å². The number of rotatable bonds is 4. The summed E-state index contributed by atoms with van der Waals surface area (Å²) in [5.41, 5.74) is 0.988. The van der Waals surface area contributed by atoms with Gasteiger partial charge in [-0.25, -0.2) is 20.8 Å². The third-order valence-electron chi connectivity index (χ3n) is 4.02. The van der Waals surface area contributed by atoms with Gasteiger partial charge in [-0.05, 0) is 11.0 Å². The maximum absolute atomic E-state index is 12.7. The molecule has 1 aliphatic rings. The van der Waals surface area contributed by atoms with Crippen LogP contribution in [0.2, 0.25) is 0 Å². The number of allylic oxidation sites excluding steroid dienone is 7. The standard InChI is InChI=1S/C18H13BF2O2.C5H5.Fe/c20-19(21)23-18-15-8-4-3-7-14(15)10-11-16(18)17(22)12-9-13-5-1-2-6-13;1-2-4-5-3-1;/h1-12,22H;1-5H;/q;-1;+2/p-1. The monoisotopic (exact) mass is 430 g/mol. The molecule has 1 aliphatic carbocycles. The topological polar surface area (TPSA) is 32.3 Å². The molecule has 2 nitrogen and oxygen atoms in total. The molecule has 3 aromatic rings. The summed E-state index contributed by atoms with van der Waals surface area (Å²) in [6, 6.07) is 20.2. The Morgan fingerprint density at radius 3 is 2.28 bits per heavy atom. The van der Waals surface area contributed by atoms with Crippen molar-refractivity contribution < 1.29 is 35.5 Å². The summed E-state index contributed by atoms with van der Waals surface area (Å²) in [4.78, 5) is 0. The van der Waals surface area contributed by atoms with E-state index in [9.17, 15) is 13.7 Å². The molecular weight excluding hydrogens is 413 g/mol. The van der Waals surface area contributed by atoms with Gasteiger partial charge in [0.2, 0.25) is 0 Å². The Labute approximate surface area is 179 Å². The SMILES string of the molecule is [Fe+2].[O-]C(=CC=C1C=CC=C1)c1ccc2ccccc2c1OB(F)F.c1cc[cH-]c1. The van der Waals surface area contributed by atoms with Crippen molar-refractivity contribution in [3.63, 3.8) is 0 Å². The van der Waals surface area contributed by atoms with Crippen LogP contribution in [0.3, 0.4) is 0 Å². The van der Waals surface area contributed by atoms with Crippen LogP contribution in [0.15, 0.2) is 109 Å². The van der Waals surface area contributed by atoms with Crippen molar-refractivity contribution in [2.24, 2.45) is 0 Å². The van der Waals surface area contributed by atoms with Gasteiger partial charge < -0.3 is 9.76 Å². The van der Waals surface area contributed by atoms with Crippen LogP contribution in [-0.2, 0) is 17.1 Å². The van der Waals surface area contributed by atoms with Crippen molar-refractivity contribution in [2.45, 2.75) is 0 Å². The molecule has 6 heteroatoms. The largest absolute Gasteiger partial charge is 2.00 e. The number of hydrogen-bond donors (Lipinski definition) is 0. The summed E-state index contributed by atoms with van der Waals surface area (Å²) in [6.07, 6.45) is 10.4. The van der Waals surface area contributed by atoms with Crippen LogP contribution in [0.25, 0.3) is 16.5 Å². The van der Waals surface area contributed by atoms with Crippen molar-refractivity contribution in [1.29, 1.82) is 0 Å². The van der Waals surface area contributed by atoms with Crippen molar-refractivity contribution >= 4 is 24.0 Å². The molecule has 0 amide bonds. The second kappa shape index (κ2) is 11.2. The summed E-state index contributed by atoms with van der Waals surface area (Å²) in [6.45, 7) is 0. The van der Waals surface area contributed by atoms with E-state index >= 15 is 0 Å². The first-order valence-electron chi connectivity index (χ1n) is 8.72. The first-order valence-corrected chi connectivity index (χ1v) is 8.72. The van der Waals surface area contributed by atoms with Crippen LogP contribution in [0.1, 0.15) is 5.56 Å². The predicted octanol–water partition coefficient (Wildman–Crippen LogP) is 5.30. The molecule has 0 spiro atoms. The van der Waals surface area contributed by atoms with Gasteiger partial charge in [-0.3, -0.25) is 0 Å². The van der Waals surface area contributed by atoms with Crippen LogP contribution < -0.4 is 9.76 Å². The van der Waals surface area contributed by atoms with E-state index in [0.717, 1.165) is 11.0 Å². The zero-order valence-corrected chi connectivity index (χ0v) is 16.4. The van der Waals surface area contributed by atoms with Gasteiger partial charge >= 0.3 is 24.5 Å². The van der Waals surface area contributed by atoms with E-state index in [-0.39, 0.29) is 34.1 Å². The third kappa shape index (κ3) is 6.28. The van der Waals surface area contributed by atoms with E-state index in [1.807, 2.05) is 54.6 Å². The minimum atomic E-state index is -2.99. The zero-order chi connectivity index (χ0) is 19.8. The fourth-order valence-electron chi connectivity index (χ4n) is 2.74. The number of fused-ring (bicyclic) bond motifs is 1. The first kappa shape index (κ1) is 22.3. The molecule has 0 heterocycles. The van der Waals surface area contributed by atoms with Crippen LogP contribution in [0.4, 0.5) is 8.63 Å². The average Bonchev–Trinajstić information content (AvgIpc) is 3.42. The van der Waals surface area contributed by atoms with Gasteiger partial charge in [0.25, 0.3) is 0 Å². The molecule has 0 atom stereocenters. The molecule has 146 valence electrons. The van der Waals surface area contributed by atoms with E-state index < -0.39 is 7.47 Å². The molecule has 3 aromatic carbocycles. The average molecular weight is 430 g/mol. The molecule has 0 radical (unpaired) electrons. The Morgan fingerprint density at radius 2 is 1.66 bits per heavy atom. The summed E-state index contributed by atoms with van der Waals surface area (Å²) in [5, 5.41) is 13.6. The van der Waals surface area contributed by atoms with Gasteiger partial charge in [0, 0.05) is 10.9 Å². The van der Waals surface area contributed by atoms with E-state index in [4.69, 9.17) is 0 Å². The molecule has 0 fully saturated rings. The molecule has 4 rings (SSSR count). The number of hydrogen-bond acceptors (Lipinski definition) is 2. The normalized spacial score (nSPS) is 12.2. The minimum absolute atomic E-state index is 0. The van der Waals surface area contributed by atoms with Gasteiger partial charge in [0.15, 0.2) is 0 Å². The number of halogens is 2. The molecule has 0 unspecified atom stereocenters. The van der Waals surface area contributed by atoms with Crippen LogP contribution in [-0.4, -0.2) is 7.47 Å². The van der Waals surface area contributed by atoms with Gasteiger partial charge in [-0.2, -0.15) is 18.2 Å². The van der Waals surface area contributed by atoms with Crippen LogP contribution in [0.5, 0.6) is 5.75 Å². The molecule has 29 heavy (non-hydrogen) atoms. The number of benzene rings is 2. The third-order valence-corrected chi connectivity index (χ3v) is 4.02. The van der Waals surface area contributed by atoms with Gasteiger partial charge in [0.05, 0.1) is 0 Å². The quantitative estimate of drug-likeness (QED) is 0.320. The van der Waals surface area contributed by atoms with Gasteiger partial charge in [0.1, 0.15) is 5.75 Å². The first-order chi connectivity index (χ1) is 13.6. The van der Waals surface area contributed by atoms with Gasteiger partial charge in [-0.15, -0.1) is 0 Å². The predicted molar refractivity (Wildman–Crippen MR) is 109 cm³/mol. The van der Waals surface area contributed by atoms with Gasteiger partial charge in [-0.1, -0.05) is 78.6 Å². The summed E-state index contributed by atoms with van der Waals surface area (Å²) >= 11 is 0. The summed E-state index contributed by atoms with van der Waals surface area (Å²) < 4.78 is 30.1. The summed E-state index contributed by atoms with van der Waals surface area (Å²) in [7, 11) is -2.99. The van der Waals surface area contributed by atoms with E-state index in [1.165, 1.54) is 12.1 Å². The smallest absolute Gasteiger partial charge is 0.872 e. The Kier molecular flexibility index (Phi) is 8.59. The maximum Gasteiger partial charge on any atom is 2.00 e. The molecule has 0 saturated heterocycles. The Hall–Kier alpha value is -2.95. The molecule has 0 N–H and O–H groups in total. The Morgan fingerprint density at radius 1 is 0.966 bits per heavy atom. The fraction of sp³-hybridized carbons (Fsp3) is 0. The van der Waals surface area contributed by atoms with Crippen molar-refractivity contribution in [3.05, 3.63) is 114 Å². The van der Waals surface area contributed by atoms with Crippen LogP contribution >= 0.6 is 0 Å². The minimum Gasteiger partial charge on any atom is -0.872 e. The van der Waals surface area contributed by atoms with E-state index in [0.29, 0.717) is 5.39 Å². The molecule has 0 saturated carbocycles. The van der Waals surface area contributed by atoms with Crippen LogP contribution in [0, 0.1) is 0 Å². The molecule has 0 aliphatic heterocycles. The Balaban J connectivity index is 0.000000437. The fourth-order valence-corrected chi connectivity index (χ4v) is 2.74. The maximum atomic E-state index is 12.7. The molecule has 0 bridgehead atoms. The Bertz CT molecular complexity index is 1010. The molecule has 0 aromatic heterocycles.